The molecule has 0 saturated heterocycles. The van der Waals surface area contributed by atoms with Gasteiger partial charge in [-0.1, -0.05) is 42.5 Å². The van der Waals surface area contributed by atoms with E-state index in [9.17, 15) is 20.0 Å². The number of hydrogen-bond donors (Lipinski definition) is 3. The Labute approximate surface area is 165 Å². The standard InChI is InChI=1S/C22H17N3O4/c26-19-10-11-23-13-18(19)24-22(15-5-3-6-16(12-15)25(28)29)21-17-7-2-1-4-14(17)8-9-20(21)27/h1-13,22,24,27H,(H,23,26). The van der Waals surface area contributed by atoms with Gasteiger partial charge in [0.15, 0.2) is 0 Å². The Bertz CT molecular complexity index is 1270. The van der Waals surface area contributed by atoms with Gasteiger partial charge in [0.05, 0.1) is 16.7 Å². The minimum Gasteiger partial charge on any atom is -0.508 e. The second-order valence-electron chi connectivity index (χ2n) is 6.57. The summed E-state index contributed by atoms with van der Waals surface area (Å²) < 4.78 is 0. The Hall–Kier alpha value is -4.13. The van der Waals surface area contributed by atoms with Gasteiger partial charge in [-0.25, -0.2) is 0 Å². The van der Waals surface area contributed by atoms with Crippen LogP contribution in [0.1, 0.15) is 17.2 Å². The molecule has 0 aliphatic carbocycles. The van der Waals surface area contributed by atoms with Gasteiger partial charge in [0, 0.05) is 36.2 Å². The van der Waals surface area contributed by atoms with Crippen molar-refractivity contribution in [2.24, 2.45) is 0 Å². The zero-order valence-corrected chi connectivity index (χ0v) is 15.2. The zero-order chi connectivity index (χ0) is 20.4. The number of anilines is 1. The number of phenols is 1. The molecule has 144 valence electrons. The zero-order valence-electron chi connectivity index (χ0n) is 15.2. The molecular formula is C22H17N3O4. The largest absolute Gasteiger partial charge is 0.508 e. The van der Waals surface area contributed by atoms with Gasteiger partial charge in [-0.2, -0.15) is 0 Å². The third-order valence-corrected chi connectivity index (χ3v) is 4.77. The number of aromatic amines is 1. The fraction of sp³-hybridized carbons (Fsp3) is 0.0455. The number of hydrogen-bond acceptors (Lipinski definition) is 5. The average molecular weight is 387 g/mol. The lowest BCUT2D eigenvalue weighted by Gasteiger charge is -2.23. The van der Waals surface area contributed by atoms with Crippen LogP contribution in [-0.4, -0.2) is 15.0 Å². The van der Waals surface area contributed by atoms with Gasteiger partial charge in [0.1, 0.15) is 5.75 Å². The molecule has 0 aliphatic heterocycles. The molecular weight excluding hydrogens is 370 g/mol. The number of nitro groups is 1. The van der Waals surface area contributed by atoms with E-state index in [1.807, 2.05) is 24.3 Å². The summed E-state index contributed by atoms with van der Waals surface area (Å²) in [4.78, 5) is 26.0. The average Bonchev–Trinajstić information content (AvgIpc) is 2.74. The van der Waals surface area contributed by atoms with Crippen LogP contribution in [-0.2, 0) is 0 Å². The Balaban J connectivity index is 1.96. The van der Waals surface area contributed by atoms with Crippen LogP contribution >= 0.6 is 0 Å². The highest BCUT2D eigenvalue weighted by molar-refractivity contribution is 5.89. The highest BCUT2D eigenvalue weighted by Crippen LogP contribution is 2.38. The van der Waals surface area contributed by atoms with Crippen molar-refractivity contribution in [1.82, 2.24) is 4.98 Å². The monoisotopic (exact) mass is 387 g/mol. The normalized spacial score (nSPS) is 11.9. The van der Waals surface area contributed by atoms with E-state index >= 15 is 0 Å². The number of nitrogens with one attached hydrogen (secondary N) is 2. The number of nitro benzene ring substituents is 1. The predicted molar refractivity (Wildman–Crippen MR) is 111 cm³/mol. The van der Waals surface area contributed by atoms with Crippen molar-refractivity contribution >= 4 is 22.1 Å². The van der Waals surface area contributed by atoms with Gasteiger partial charge in [0.25, 0.3) is 5.69 Å². The van der Waals surface area contributed by atoms with Crippen LogP contribution in [0.25, 0.3) is 10.8 Å². The molecule has 7 heteroatoms. The molecule has 0 aliphatic rings. The van der Waals surface area contributed by atoms with Crippen LogP contribution < -0.4 is 10.7 Å². The number of rotatable bonds is 5. The first-order valence-corrected chi connectivity index (χ1v) is 8.93. The smallest absolute Gasteiger partial charge is 0.269 e. The summed E-state index contributed by atoms with van der Waals surface area (Å²) in [7, 11) is 0. The molecule has 4 aromatic rings. The molecule has 1 heterocycles. The summed E-state index contributed by atoms with van der Waals surface area (Å²) in [6.45, 7) is 0. The number of H-pyrrole nitrogens is 1. The predicted octanol–water partition coefficient (Wildman–Crippen LogP) is 4.34. The van der Waals surface area contributed by atoms with E-state index in [0.717, 1.165) is 10.8 Å². The number of benzene rings is 3. The molecule has 0 bridgehead atoms. The maximum Gasteiger partial charge on any atom is 0.269 e. The summed E-state index contributed by atoms with van der Waals surface area (Å²) in [5, 5.41) is 26.8. The summed E-state index contributed by atoms with van der Waals surface area (Å²) in [5.74, 6) is 0.0278. The Morgan fingerprint density at radius 1 is 1.03 bits per heavy atom. The lowest BCUT2D eigenvalue weighted by atomic mass is 9.92. The number of pyridine rings is 1. The molecule has 0 saturated carbocycles. The lowest BCUT2D eigenvalue weighted by Crippen LogP contribution is -2.18. The molecule has 29 heavy (non-hydrogen) atoms. The second-order valence-corrected chi connectivity index (χ2v) is 6.57. The molecule has 0 radical (unpaired) electrons. The van der Waals surface area contributed by atoms with Crippen molar-refractivity contribution < 1.29 is 10.0 Å². The van der Waals surface area contributed by atoms with Crippen molar-refractivity contribution in [3.63, 3.8) is 0 Å². The molecule has 0 spiro atoms. The summed E-state index contributed by atoms with van der Waals surface area (Å²) in [6, 6.07) is 17.8. The number of non-ortho nitro benzene ring substituents is 1. The maximum atomic E-state index is 12.3. The quantitative estimate of drug-likeness (QED) is 0.349. The fourth-order valence-electron chi connectivity index (χ4n) is 3.41. The van der Waals surface area contributed by atoms with Crippen molar-refractivity contribution in [2.45, 2.75) is 6.04 Å². The minimum atomic E-state index is -0.690. The minimum absolute atomic E-state index is 0.0278. The molecule has 0 fully saturated rings. The van der Waals surface area contributed by atoms with Crippen molar-refractivity contribution in [3.8, 4) is 5.75 Å². The molecule has 7 nitrogen and oxygen atoms in total. The van der Waals surface area contributed by atoms with Gasteiger partial charge in [-0.05, 0) is 22.4 Å². The fourth-order valence-corrected chi connectivity index (χ4v) is 3.41. The molecule has 1 atom stereocenters. The molecule has 4 rings (SSSR count). The van der Waals surface area contributed by atoms with E-state index in [1.165, 1.54) is 30.6 Å². The van der Waals surface area contributed by atoms with E-state index in [4.69, 9.17) is 0 Å². The number of nitrogens with zero attached hydrogens (tertiary/aromatic N) is 1. The molecule has 1 aromatic heterocycles. The summed E-state index contributed by atoms with van der Waals surface area (Å²) in [5.41, 5.74) is 1.06. The van der Waals surface area contributed by atoms with E-state index in [1.54, 1.807) is 24.3 Å². The first-order chi connectivity index (χ1) is 14.0. The van der Waals surface area contributed by atoms with Gasteiger partial charge >= 0.3 is 0 Å². The van der Waals surface area contributed by atoms with Crippen molar-refractivity contribution in [2.75, 3.05) is 5.32 Å². The van der Waals surface area contributed by atoms with Gasteiger partial charge in [-0.15, -0.1) is 0 Å². The van der Waals surface area contributed by atoms with Crippen LogP contribution in [0.2, 0.25) is 0 Å². The third kappa shape index (κ3) is 3.53. The van der Waals surface area contributed by atoms with Crippen LogP contribution in [0.5, 0.6) is 5.75 Å². The first-order valence-electron chi connectivity index (χ1n) is 8.93. The van der Waals surface area contributed by atoms with Crippen LogP contribution in [0, 0.1) is 10.1 Å². The number of aromatic hydroxyl groups is 1. The molecule has 1 unspecified atom stereocenters. The Morgan fingerprint density at radius 2 is 1.86 bits per heavy atom. The van der Waals surface area contributed by atoms with E-state index in [0.29, 0.717) is 11.1 Å². The van der Waals surface area contributed by atoms with Crippen LogP contribution in [0.4, 0.5) is 11.4 Å². The summed E-state index contributed by atoms with van der Waals surface area (Å²) in [6.07, 6.45) is 3.04. The van der Waals surface area contributed by atoms with Gasteiger partial charge < -0.3 is 15.4 Å². The summed E-state index contributed by atoms with van der Waals surface area (Å²) >= 11 is 0. The first kappa shape index (κ1) is 18.2. The Kier molecular flexibility index (Phi) is 4.70. The maximum absolute atomic E-state index is 12.3. The Morgan fingerprint density at radius 3 is 2.66 bits per heavy atom. The van der Waals surface area contributed by atoms with Crippen molar-refractivity contribution in [3.05, 3.63) is 111 Å². The number of fused-ring (bicyclic) bond motifs is 1. The van der Waals surface area contributed by atoms with E-state index in [2.05, 4.69) is 10.3 Å². The van der Waals surface area contributed by atoms with Crippen molar-refractivity contribution in [1.29, 1.82) is 0 Å². The molecule has 3 N–H and O–H groups in total. The molecule has 0 amide bonds. The highest BCUT2D eigenvalue weighted by atomic mass is 16.6. The molecule has 3 aromatic carbocycles. The van der Waals surface area contributed by atoms with E-state index in [-0.39, 0.29) is 22.6 Å². The second kappa shape index (κ2) is 7.47. The number of phenolic OH excluding ortho intramolecular Hbond substituents is 1. The SMILES string of the molecule is O=c1cc[nH]cc1NC(c1cccc([N+](=O)[O-])c1)c1c(O)ccc2ccccc12. The highest BCUT2D eigenvalue weighted by Gasteiger charge is 2.23. The third-order valence-electron chi connectivity index (χ3n) is 4.77. The lowest BCUT2D eigenvalue weighted by molar-refractivity contribution is -0.384. The van der Waals surface area contributed by atoms with Crippen LogP contribution in [0.15, 0.2) is 83.9 Å². The van der Waals surface area contributed by atoms with Gasteiger partial charge in [-0.3, -0.25) is 14.9 Å². The van der Waals surface area contributed by atoms with Gasteiger partial charge in [0.2, 0.25) is 5.43 Å². The topological polar surface area (TPSA) is 108 Å². The van der Waals surface area contributed by atoms with Crippen LogP contribution in [0.3, 0.4) is 0 Å². The van der Waals surface area contributed by atoms with E-state index < -0.39 is 11.0 Å². The number of aromatic nitrogens is 1.